The van der Waals surface area contributed by atoms with Crippen LogP contribution in [0, 0.1) is 0 Å². The van der Waals surface area contributed by atoms with Gasteiger partial charge in [-0.25, -0.2) is 4.79 Å². The molecule has 2 aliphatic rings. The number of phenols is 1. The number of amides is 2. The maximum absolute atomic E-state index is 13.3. The Labute approximate surface area is 271 Å². The molecule has 1 saturated heterocycles. The number of Topliss-reactive ketones (excluding diaryl/α,β-unsaturated/α-hetero) is 2. The molecule has 1 fully saturated rings. The lowest BCUT2D eigenvalue weighted by Gasteiger charge is -2.37. The highest BCUT2D eigenvalue weighted by Crippen LogP contribution is 2.43. The summed E-state index contributed by atoms with van der Waals surface area (Å²) in [5.74, 6) is 0.985. The van der Waals surface area contributed by atoms with Gasteiger partial charge in [-0.2, -0.15) is 9.28 Å². The fraction of sp³-hybridized carbons (Fsp3) is 0.556. The van der Waals surface area contributed by atoms with E-state index >= 15 is 0 Å². The van der Waals surface area contributed by atoms with E-state index < -0.39 is 16.2 Å². The minimum atomic E-state index is -1.12. The molecule has 2 aliphatic heterocycles. The molecule has 2 amide bonds. The molecule has 0 bridgehead atoms. The van der Waals surface area contributed by atoms with Crippen molar-refractivity contribution in [2.24, 2.45) is 0 Å². The van der Waals surface area contributed by atoms with Crippen molar-refractivity contribution >= 4 is 23.6 Å². The molecule has 4 rings (SSSR count). The molecule has 0 spiro atoms. The van der Waals surface area contributed by atoms with Crippen LogP contribution in [0.5, 0.6) is 23.0 Å². The zero-order chi connectivity index (χ0) is 33.6. The third-order valence-electron chi connectivity index (χ3n) is 9.36. The first-order chi connectivity index (χ1) is 21.9. The zero-order valence-electron chi connectivity index (χ0n) is 27.8. The van der Waals surface area contributed by atoms with Crippen molar-refractivity contribution in [1.82, 2.24) is 0 Å². The van der Waals surface area contributed by atoms with Gasteiger partial charge in [-0.1, -0.05) is 26.7 Å². The molecule has 2 heterocycles. The van der Waals surface area contributed by atoms with E-state index in [2.05, 4.69) is 0 Å². The number of hydrogen-bond donors (Lipinski definition) is 2. The summed E-state index contributed by atoms with van der Waals surface area (Å²) in [7, 11) is 0. The topological polar surface area (TPSA) is 136 Å². The Balaban J connectivity index is 1.43. The van der Waals surface area contributed by atoms with Gasteiger partial charge in [0.25, 0.3) is 0 Å². The molecular weight excluding hydrogens is 590 g/mol. The highest BCUT2D eigenvalue weighted by atomic mass is 16.5. The lowest BCUT2D eigenvalue weighted by Crippen LogP contribution is -2.58. The van der Waals surface area contributed by atoms with Crippen molar-refractivity contribution in [2.45, 2.75) is 110 Å². The molecule has 2 N–H and O–H groups in total. The number of likely N-dealkylation sites (tertiary alicyclic amines) is 1. The van der Waals surface area contributed by atoms with Crippen LogP contribution in [-0.4, -0.2) is 69.7 Å². The van der Waals surface area contributed by atoms with Gasteiger partial charge >= 0.3 is 12.0 Å². The summed E-state index contributed by atoms with van der Waals surface area (Å²) < 4.78 is 18.1. The molecule has 10 nitrogen and oxygen atoms in total. The normalized spacial score (nSPS) is 22.2. The molecular formula is C36H48NO9+. The van der Waals surface area contributed by atoms with E-state index in [1.807, 2.05) is 27.7 Å². The first-order valence-corrected chi connectivity index (χ1v) is 16.5. The van der Waals surface area contributed by atoms with Crippen molar-refractivity contribution in [2.75, 3.05) is 19.8 Å². The van der Waals surface area contributed by atoms with E-state index in [0.29, 0.717) is 73.7 Å². The van der Waals surface area contributed by atoms with Crippen molar-refractivity contribution in [3.8, 4) is 23.0 Å². The van der Waals surface area contributed by atoms with Crippen LogP contribution >= 0.6 is 0 Å². The molecule has 2 aromatic carbocycles. The number of imide groups is 1. The van der Waals surface area contributed by atoms with Gasteiger partial charge in [0.15, 0.2) is 11.6 Å². The summed E-state index contributed by atoms with van der Waals surface area (Å²) in [5, 5.41) is 20.6. The second-order valence-corrected chi connectivity index (χ2v) is 12.9. The smallest absolute Gasteiger partial charge is 0.507 e. The van der Waals surface area contributed by atoms with Gasteiger partial charge in [0.05, 0.1) is 43.7 Å². The van der Waals surface area contributed by atoms with Gasteiger partial charge in [0.2, 0.25) is 0 Å². The second-order valence-electron chi connectivity index (χ2n) is 12.9. The Hall–Kier alpha value is -3.92. The first-order valence-electron chi connectivity index (χ1n) is 16.5. The number of rotatable bonds is 14. The minimum Gasteiger partial charge on any atom is -0.507 e. The number of ether oxygens (including phenoxy) is 3. The Morgan fingerprint density at radius 2 is 1.65 bits per heavy atom. The summed E-state index contributed by atoms with van der Waals surface area (Å²) in [5.41, 5.74) is 1.23. The molecule has 0 aliphatic carbocycles. The summed E-state index contributed by atoms with van der Waals surface area (Å²) in [6, 6.07) is 6.53. The zero-order valence-corrected chi connectivity index (χ0v) is 27.8. The number of carboxylic acid groups (broad SMARTS) is 1. The monoisotopic (exact) mass is 638 g/mol. The summed E-state index contributed by atoms with van der Waals surface area (Å²) in [6.07, 6.45) is 3.92. The fourth-order valence-electron chi connectivity index (χ4n) is 6.79. The van der Waals surface area contributed by atoms with Crippen LogP contribution in [0.4, 0.5) is 4.79 Å². The van der Waals surface area contributed by atoms with Crippen LogP contribution in [0.1, 0.15) is 118 Å². The van der Waals surface area contributed by atoms with Crippen LogP contribution in [0.15, 0.2) is 24.3 Å². The number of fused-ring (bicyclic) bond motifs is 1. The predicted octanol–water partition coefficient (Wildman–Crippen LogP) is 7.06. The van der Waals surface area contributed by atoms with Gasteiger partial charge in [0, 0.05) is 30.4 Å². The Morgan fingerprint density at radius 3 is 2.24 bits per heavy atom. The fourth-order valence-corrected chi connectivity index (χ4v) is 6.79. The van der Waals surface area contributed by atoms with E-state index in [1.54, 1.807) is 24.3 Å². The molecule has 2 aromatic rings. The van der Waals surface area contributed by atoms with Gasteiger partial charge < -0.3 is 24.4 Å². The maximum atomic E-state index is 13.3. The highest BCUT2D eigenvalue weighted by molar-refractivity contribution is 6.01. The van der Waals surface area contributed by atoms with Crippen molar-refractivity contribution in [1.29, 1.82) is 0 Å². The van der Waals surface area contributed by atoms with Crippen molar-refractivity contribution in [3.05, 3.63) is 46.5 Å². The van der Waals surface area contributed by atoms with Gasteiger partial charge in [-0.15, -0.1) is 0 Å². The molecule has 250 valence electrons. The standard InChI is InChI=1S/C36H47NO9/c1-6-10-27-30(15-13-25(24(4)38)33(27)41)44-20-9-21-45-31-16-14-26-29(39)22-36(5,46-34(26)28(31)11-7-2)18-17-32(40)37(35(42)43)19-8-12-23(37)3/h13-16,23H,6-12,17-22H2,1-5H3,(H-,38,41,42,43)/p+1/t23-,36?,37?/m1/s1. The molecule has 0 saturated carbocycles. The average molecular weight is 639 g/mol. The Kier molecular flexibility index (Phi) is 11.1. The maximum Gasteiger partial charge on any atom is 0.521 e. The summed E-state index contributed by atoms with van der Waals surface area (Å²) in [6.45, 7) is 10.0. The number of hydrogen-bond acceptors (Lipinski definition) is 8. The van der Waals surface area contributed by atoms with E-state index in [9.17, 15) is 29.4 Å². The largest absolute Gasteiger partial charge is 0.521 e. The van der Waals surface area contributed by atoms with Crippen molar-refractivity contribution < 1.29 is 48.1 Å². The second kappa shape index (κ2) is 14.7. The van der Waals surface area contributed by atoms with E-state index in [4.69, 9.17) is 14.2 Å². The Bertz CT molecular complexity index is 1480. The number of aromatic hydroxyl groups is 1. The third-order valence-corrected chi connectivity index (χ3v) is 9.36. The molecule has 46 heavy (non-hydrogen) atoms. The van der Waals surface area contributed by atoms with E-state index in [1.165, 1.54) is 6.92 Å². The first kappa shape index (κ1) is 34.9. The number of carbonyl (C=O) groups excluding carboxylic acids is 3. The lowest BCUT2D eigenvalue weighted by atomic mass is 9.86. The van der Waals surface area contributed by atoms with E-state index in [0.717, 1.165) is 18.4 Å². The molecule has 10 heteroatoms. The minimum absolute atomic E-state index is 0.00424. The SMILES string of the molecule is CCCc1c(OCCCOc2ccc3c(c2CCC)OC(C)(CCC(=O)[N+]2(C(=O)O)CCC[C@H]2C)CC3=O)ccc(C(C)=O)c1O. The number of nitrogens with zero attached hydrogens (tertiary/aromatic N) is 1. The van der Waals surface area contributed by atoms with Crippen LogP contribution in [0.2, 0.25) is 0 Å². The lowest BCUT2D eigenvalue weighted by molar-refractivity contribution is -0.792. The van der Waals surface area contributed by atoms with Crippen LogP contribution in [0.3, 0.4) is 0 Å². The number of carbonyl (C=O) groups is 4. The number of benzene rings is 2. The van der Waals surface area contributed by atoms with Crippen molar-refractivity contribution in [3.63, 3.8) is 0 Å². The predicted molar refractivity (Wildman–Crippen MR) is 172 cm³/mol. The molecule has 0 radical (unpaired) electrons. The van der Waals surface area contributed by atoms with Gasteiger partial charge in [0.1, 0.15) is 34.6 Å². The Morgan fingerprint density at radius 1 is 1.02 bits per heavy atom. The van der Waals surface area contributed by atoms with Crippen LogP contribution in [-0.2, 0) is 17.6 Å². The third kappa shape index (κ3) is 7.07. The van der Waals surface area contributed by atoms with Gasteiger partial charge in [-0.05, 0) is 64.3 Å². The summed E-state index contributed by atoms with van der Waals surface area (Å²) in [4.78, 5) is 50.7. The number of phenolic OH excluding ortho intramolecular Hbond substituents is 1. The highest BCUT2D eigenvalue weighted by Gasteiger charge is 2.53. The number of ketones is 2. The summed E-state index contributed by atoms with van der Waals surface area (Å²) >= 11 is 0. The molecule has 3 atom stereocenters. The average Bonchev–Trinajstić information content (AvgIpc) is 3.40. The van der Waals surface area contributed by atoms with Crippen LogP contribution in [0.25, 0.3) is 0 Å². The quantitative estimate of drug-likeness (QED) is 0.127. The molecule has 0 aromatic heterocycles. The van der Waals surface area contributed by atoms with Crippen LogP contribution < -0.4 is 14.2 Å². The number of quaternary nitrogens is 1. The van der Waals surface area contributed by atoms with Gasteiger partial charge in [-0.3, -0.25) is 9.59 Å². The van der Waals surface area contributed by atoms with E-state index in [-0.39, 0.29) is 60.6 Å². The molecule has 2 unspecified atom stereocenters.